The summed E-state index contributed by atoms with van der Waals surface area (Å²) in [6.45, 7) is 10.7. The monoisotopic (exact) mass is 373 g/mol. The Kier molecular flexibility index (Phi) is 4.93. The van der Waals surface area contributed by atoms with E-state index in [0.29, 0.717) is 17.8 Å². The Hall–Kier alpha value is -2.15. The average Bonchev–Trinajstić information content (AvgIpc) is 3.28. The van der Waals surface area contributed by atoms with Gasteiger partial charge < -0.3 is 20.1 Å². The molecule has 2 heterocycles. The van der Waals surface area contributed by atoms with Crippen molar-refractivity contribution in [3.8, 4) is 0 Å². The van der Waals surface area contributed by atoms with E-state index in [2.05, 4.69) is 39.1 Å². The quantitative estimate of drug-likeness (QED) is 0.838. The van der Waals surface area contributed by atoms with Gasteiger partial charge in [-0.3, -0.25) is 9.59 Å². The van der Waals surface area contributed by atoms with Crippen molar-refractivity contribution >= 4 is 11.8 Å². The van der Waals surface area contributed by atoms with Crippen LogP contribution in [0.25, 0.3) is 0 Å². The maximum absolute atomic E-state index is 13.3. The summed E-state index contributed by atoms with van der Waals surface area (Å²) in [4.78, 5) is 32.3. The lowest BCUT2D eigenvalue weighted by molar-refractivity contribution is -0.117. The van der Waals surface area contributed by atoms with Gasteiger partial charge in [0.2, 0.25) is 5.91 Å². The molecule has 2 amide bonds. The molecule has 0 radical (unpaired) electrons. The van der Waals surface area contributed by atoms with E-state index in [1.807, 2.05) is 26.8 Å². The Morgan fingerprint density at radius 2 is 1.96 bits per heavy atom. The smallest absolute Gasteiger partial charge is 0.272 e. The molecule has 0 bridgehead atoms. The Labute approximate surface area is 161 Å². The molecule has 0 saturated carbocycles. The standard InChI is InChI=1S/C20H31N5O2/c1-7-15-22-16(14-12-24(6)9-8-10-25(14)15)18(27)23-20(19(2,3)4)11-13(20)17(26)21-5/h11H,7-10,12H2,1-6H3,(H,21,26)(H,23,27)/t20-/m0/s1. The van der Waals surface area contributed by atoms with Gasteiger partial charge in [0.1, 0.15) is 5.82 Å². The normalized spacial score (nSPS) is 22.5. The number of hydrogen-bond acceptors (Lipinski definition) is 4. The number of hydrogen-bond donors (Lipinski definition) is 2. The molecule has 7 nitrogen and oxygen atoms in total. The van der Waals surface area contributed by atoms with E-state index < -0.39 is 5.54 Å². The number of aryl methyl sites for hydroxylation is 1. The zero-order valence-electron chi connectivity index (χ0n) is 17.3. The molecule has 0 fully saturated rings. The molecular weight excluding hydrogens is 342 g/mol. The molecule has 0 spiro atoms. The summed E-state index contributed by atoms with van der Waals surface area (Å²) < 4.78 is 2.20. The van der Waals surface area contributed by atoms with Crippen LogP contribution in [-0.2, 0) is 24.3 Å². The number of nitrogens with zero attached hydrogens (tertiary/aromatic N) is 3. The summed E-state index contributed by atoms with van der Waals surface area (Å²) in [5, 5.41) is 5.78. The Bertz CT molecular complexity index is 802. The predicted octanol–water partition coefficient (Wildman–Crippen LogP) is 1.48. The van der Waals surface area contributed by atoms with Gasteiger partial charge in [0.15, 0.2) is 5.69 Å². The summed E-state index contributed by atoms with van der Waals surface area (Å²) in [6, 6.07) is 0. The second-order valence-corrected chi connectivity index (χ2v) is 8.57. The largest absolute Gasteiger partial charge is 0.355 e. The summed E-state index contributed by atoms with van der Waals surface area (Å²) in [5.74, 6) is 0.590. The van der Waals surface area contributed by atoms with Gasteiger partial charge in [0.05, 0.1) is 11.2 Å². The number of likely N-dealkylation sites (N-methyl/N-ethyl adjacent to an activating group) is 1. The fraction of sp³-hybridized carbons (Fsp3) is 0.650. The van der Waals surface area contributed by atoms with Crippen LogP contribution in [0.2, 0.25) is 0 Å². The third kappa shape index (κ3) is 3.29. The second kappa shape index (κ2) is 6.78. The van der Waals surface area contributed by atoms with Gasteiger partial charge in [-0.05, 0) is 31.5 Å². The summed E-state index contributed by atoms with van der Waals surface area (Å²) in [6.07, 6.45) is 3.68. The zero-order chi connectivity index (χ0) is 20.0. The first-order valence-electron chi connectivity index (χ1n) is 9.69. The van der Waals surface area contributed by atoms with Crippen LogP contribution in [0.4, 0.5) is 0 Å². The average molecular weight is 374 g/mol. The maximum atomic E-state index is 13.3. The highest BCUT2D eigenvalue weighted by Gasteiger charge is 2.57. The van der Waals surface area contributed by atoms with E-state index in [-0.39, 0.29) is 17.2 Å². The van der Waals surface area contributed by atoms with E-state index >= 15 is 0 Å². The van der Waals surface area contributed by atoms with Gasteiger partial charge in [-0.2, -0.15) is 0 Å². The van der Waals surface area contributed by atoms with Crippen molar-refractivity contribution in [1.82, 2.24) is 25.1 Å². The molecule has 1 aromatic rings. The van der Waals surface area contributed by atoms with Crippen LogP contribution in [0.5, 0.6) is 0 Å². The first-order chi connectivity index (χ1) is 12.6. The fourth-order valence-corrected chi connectivity index (χ4v) is 3.96. The number of rotatable bonds is 4. The van der Waals surface area contributed by atoms with E-state index in [1.54, 1.807) is 7.05 Å². The number of amides is 2. The minimum Gasteiger partial charge on any atom is -0.355 e. The molecule has 3 rings (SSSR count). The van der Waals surface area contributed by atoms with Crippen molar-refractivity contribution in [3.05, 3.63) is 28.9 Å². The number of imidazole rings is 1. The molecule has 0 saturated heterocycles. The lowest BCUT2D eigenvalue weighted by atomic mass is 9.80. The van der Waals surface area contributed by atoms with Gasteiger partial charge >= 0.3 is 0 Å². The molecule has 1 atom stereocenters. The third-order valence-corrected chi connectivity index (χ3v) is 5.69. The van der Waals surface area contributed by atoms with Crippen molar-refractivity contribution in [2.75, 3.05) is 20.6 Å². The highest BCUT2D eigenvalue weighted by Crippen LogP contribution is 2.48. The molecule has 0 unspecified atom stereocenters. The highest BCUT2D eigenvalue weighted by molar-refractivity contribution is 6.05. The highest BCUT2D eigenvalue weighted by atomic mass is 16.2. The van der Waals surface area contributed by atoms with Gasteiger partial charge in [0, 0.05) is 32.1 Å². The van der Waals surface area contributed by atoms with Crippen molar-refractivity contribution in [2.24, 2.45) is 5.41 Å². The molecular formula is C20H31N5O2. The molecule has 0 aromatic carbocycles. The fourth-order valence-electron chi connectivity index (χ4n) is 3.96. The molecule has 27 heavy (non-hydrogen) atoms. The van der Waals surface area contributed by atoms with Crippen LogP contribution in [-0.4, -0.2) is 52.4 Å². The van der Waals surface area contributed by atoms with Gasteiger partial charge in [0.25, 0.3) is 5.91 Å². The number of fused-ring (bicyclic) bond motifs is 1. The van der Waals surface area contributed by atoms with Crippen LogP contribution < -0.4 is 10.6 Å². The molecule has 2 N–H and O–H groups in total. The third-order valence-electron chi connectivity index (χ3n) is 5.69. The van der Waals surface area contributed by atoms with E-state index in [9.17, 15) is 9.59 Å². The summed E-state index contributed by atoms with van der Waals surface area (Å²) in [5.41, 5.74) is 1.02. The van der Waals surface area contributed by atoms with Crippen molar-refractivity contribution in [3.63, 3.8) is 0 Å². The first-order valence-corrected chi connectivity index (χ1v) is 9.69. The molecule has 1 aliphatic heterocycles. The molecule has 1 aliphatic carbocycles. The van der Waals surface area contributed by atoms with E-state index in [4.69, 9.17) is 0 Å². The van der Waals surface area contributed by atoms with E-state index in [1.165, 1.54) is 0 Å². The minimum absolute atomic E-state index is 0.150. The molecule has 1 aromatic heterocycles. The lowest BCUT2D eigenvalue weighted by Gasteiger charge is -2.33. The number of carbonyl (C=O) groups excluding carboxylic acids is 2. The Morgan fingerprint density at radius 3 is 2.56 bits per heavy atom. The Balaban J connectivity index is 1.93. The minimum atomic E-state index is -0.732. The van der Waals surface area contributed by atoms with Crippen LogP contribution in [0.3, 0.4) is 0 Å². The number of aromatic nitrogens is 2. The van der Waals surface area contributed by atoms with Crippen molar-refractivity contribution < 1.29 is 9.59 Å². The molecule has 7 heteroatoms. The molecule has 148 valence electrons. The van der Waals surface area contributed by atoms with E-state index in [0.717, 1.165) is 37.4 Å². The maximum Gasteiger partial charge on any atom is 0.272 e. The first kappa shape index (κ1) is 19.6. The molecule has 2 aliphatic rings. The predicted molar refractivity (Wildman–Crippen MR) is 104 cm³/mol. The van der Waals surface area contributed by atoms with Crippen LogP contribution in [0, 0.1) is 5.41 Å². The van der Waals surface area contributed by atoms with Crippen LogP contribution in [0.1, 0.15) is 56.1 Å². The zero-order valence-corrected chi connectivity index (χ0v) is 17.3. The van der Waals surface area contributed by atoms with Crippen LogP contribution >= 0.6 is 0 Å². The SMILES string of the molecule is CCc1nc(C(=O)N[C@@]2(C(C)(C)C)C=C2C(=O)NC)c2n1CCCN(C)C2. The summed E-state index contributed by atoms with van der Waals surface area (Å²) in [7, 11) is 3.67. The van der Waals surface area contributed by atoms with Gasteiger partial charge in [-0.1, -0.05) is 27.7 Å². The lowest BCUT2D eigenvalue weighted by Crippen LogP contribution is -2.50. The van der Waals surface area contributed by atoms with Crippen molar-refractivity contribution in [2.45, 2.75) is 59.2 Å². The van der Waals surface area contributed by atoms with Crippen molar-refractivity contribution in [1.29, 1.82) is 0 Å². The second-order valence-electron chi connectivity index (χ2n) is 8.57. The number of carbonyl (C=O) groups is 2. The van der Waals surface area contributed by atoms with Gasteiger partial charge in [-0.25, -0.2) is 4.98 Å². The van der Waals surface area contributed by atoms with Crippen LogP contribution in [0.15, 0.2) is 11.6 Å². The Morgan fingerprint density at radius 1 is 1.26 bits per heavy atom. The number of nitrogens with one attached hydrogen (secondary N) is 2. The topological polar surface area (TPSA) is 79.3 Å². The summed E-state index contributed by atoms with van der Waals surface area (Å²) >= 11 is 0. The van der Waals surface area contributed by atoms with Gasteiger partial charge in [-0.15, -0.1) is 0 Å².